The summed E-state index contributed by atoms with van der Waals surface area (Å²) in [6.45, 7) is 2.31. The molecule has 1 unspecified atom stereocenters. The fourth-order valence-electron chi connectivity index (χ4n) is 1.98. The van der Waals surface area contributed by atoms with Gasteiger partial charge >= 0.3 is 0 Å². The van der Waals surface area contributed by atoms with Crippen LogP contribution in [0.2, 0.25) is 0 Å². The van der Waals surface area contributed by atoms with Crippen LogP contribution in [0.15, 0.2) is 12.2 Å². The normalized spacial score (nSPS) is 28.9. The molecule has 1 aliphatic carbocycles. The van der Waals surface area contributed by atoms with Crippen molar-refractivity contribution in [2.75, 3.05) is 0 Å². The average molecular weight is 194 g/mol. The van der Waals surface area contributed by atoms with Crippen molar-refractivity contribution < 1.29 is 4.79 Å². The van der Waals surface area contributed by atoms with Crippen LogP contribution in [-0.4, -0.2) is 5.78 Å². The Balaban J connectivity index is 2.34. The first-order chi connectivity index (χ1) is 6.79. The number of carbonyl (C=O) groups excluding carboxylic acids is 1. The van der Waals surface area contributed by atoms with E-state index < -0.39 is 0 Å². The van der Waals surface area contributed by atoms with E-state index in [4.69, 9.17) is 0 Å². The van der Waals surface area contributed by atoms with E-state index in [1.54, 1.807) is 0 Å². The molecular formula is C13H22O. The third-order valence-electron chi connectivity index (χ3n) is 2.98. The van der Waals surface area contributed by atoms with Crippen LogP contribution in [0.3, 0.4) is 0 Å². The summed E-state index contributed by atoms with van der Waals surface area (Å²) in [5.41, 5.74) is 0. The largest absolute Gasteiger partial charge is 0.300 e. The Hall–Kier alpha value is -0.590. The van der Waals surface area contributed by atoms with Gasteiger partial charge in [0, 0.05) is 12.8 Å². The molecule has 0 aliphatic heterocycles. The number of hydrogen-bond donors (Lipinski definition) is 0. The Labute approximate surface area is 87.6 Å². The molecule has 0 spiro atoms. The molecule has 0 N–H and O–H groups in total. The van der Waals surface area contributed by atoms with Gasteiger partial charge in [-0.3, -0.25) is 4.79 Å². The molecule has 14 heavy (non-hydrogen) atoms. The second-order valence-corrected chi connectivity index (χ2v) is 4.48. The van der Waals surface area contributed by atoms with Crippen LogP contribution in [0.4, 0.5) is 0 Å². The number of hydrogen-bond acceptors (Lipinski definition) is 1. The molecule has 0 aromatic rings. The highest BCUT2D eigenvalue weighted by atomic mass is 16.1. The smallest absolute Gasteiger partial charge is 0.133 e. The molecule has 0 aromatic carbocycles. The number of Topliss-reactive ketones (excluding diaryl/α,β-unsaturated/α-hetero) is 1. The quantitative estimate of drug-likeness (QED) is 0.535. The van der Waals surface area contributed by atoms with Crippen LogP contribution >= 0.6 is 0 Å². The van der Waals surface area contributed by atoms with E-state index in [-0.39, 0.29) is 0 Å². The van der Waals surface area contributed by atoms with Gasteiger partial charge in [-0.25, -0.2) is 0 Å². The zero-order valence-corrected chi connectivity index (χ0v) is 9.30. The minimum absolute atomic E-state index is 0.447. The summed E-state index contributed by atoms with van der Waals surface area (Å²) in [5, 5.41) is 0. The van der Waals surface area contributed by atoms with Crippen molar-refractivity contribution in [1.82, 2.24) is 0 Å². The van der Waals surface area contributed by atoms with Crippen molar-refractivity contribution in [2.45, 2.75) is 58.3 Å². The predicted octanol–water partition coefficient (Wildman–Crippen LogP) is 3.88. The van der Waals surface area contributed by atoms with Crippen molar-refractivity contribution >= 4 is 5.78 Å². The van der Waals surface area contributed by atoms with Crippen molar-refractivity contribution in [3.8, 4) is 0 Å². The van der Waals surface area contributed by atoms with Gasteiger partial charge in [0.1, 0.15) is 5.78 Å². The molecule has 80 valence electrons. The lowest BCUT2D eigenvalue weighted by molar-refractivity contribution is -0.119. The number of rotatable bonds is 0. The number of carbonyl (C=O) groups is 1. The maximum Gasteiger partial charge on any atom is 0.133 e. The molecule has 0 aromatic heterocycles. The van der Waals surface area contributed by atoms with E-state index in [1.807, 2.05) is 0 Å². The first kappa shape index (κ1) is 11.5. The maximum atomic E-state index is 11.4. The molecule has 1 heteroatoms. The maximum absolute atomic E-state index is 11.4. The second-order valence-electron chi connectivity index (χ2n) is 4.48. The van der Waals surface area contributed by atoms with Gasteiger partial charge in [-0.05, 0) is 31.6 Å². The molecule has 0 heterocycles. The van der Waals surface area contributed by atoms with Gasteiger partial charge in [0.2, 0.25) is 0 Å². The topological polar surface area (TPSA) is 17.1 Å². The molecule has 0 radical (unpaired) electrons. The Morgan fingerprint density at radius 3 is 2.64 bits per heavy atom. The SMILES string of the molecule is CC1CCC/C=C/CCC(=O)CCC1. The van der Waals surface area contributed by atoms with E-state index in [2.05, 4.69) is 19.1 Å². The van der Waals surface area contributed by atoms with Crippen molar-refractivity contribution in [1.29, 1.82) is 0 Å². The summed E-state index contributed by atoms with van der Waals surface area (Å²) in [7, 11) is 0. The van der Waals surface area contributed by atoms with Gasteiger partial charge in [0.25, 0.3) is 0 Å². The van der Waals surface area contributed by atoms with E-state index in [0.29, 0.717) is 5.78 Å². The van der Waals surface area contributed by atoms with Crippen LogP contribution < -0.4 is 0 Å². The lowest BCUT2D eigenvalue weighted by Crippen LogP contribution is -2.01. The first-order valence-electron chi connectivity index (χ1n) is 5.95. The molecule has 1 rings (SSSR count). The fraction of sp³-hybridized carbons (Fsp3) is 0.769. The average Bonchev–Trinajstić information content (AvgIpc) is 2.14. The molecule has 0 saturated carbocycles. The van der Waals surface area contributed by atoms with Gasteiger partial charge in [0.15, 0.2) is 0 Å². The molecule has 0 fully saturated rings. The molecule has 0 saturated heterocycles. The predicted molar refractivity (Wildman–Crippen MR) is 60.2 cm³/mol. The minimum atomic E-state index is 0.447. The molecule has 1 atom stereocenters. The molecule has 0 amide bonds. The van der Waals surface area contributed by atoms with Crippen LogP contribution in [0, 0.1) is 5.92 Å². The highest BCUT2D eigenvalue weighted by Crippen LogP contribution is 2.17. The highest BCUT2D eigenvalue weighted by Gasteiger charge is 2.05. The summed E-state index contributed by atoms with van der Waals surface area (Å²) < 4.78 is 0. The zero-order chi connectivity index (χ0) is 10.2. The Morgan fingerprint density at radius 2 is 1.79 bits per heavy atom. The molecule has 1 aliphatic rings. The highest BCUT2D eigenvalue weighted by molar-refractivity contribution is 5.78. The summed E-state index contributed by atoms with van der Waals surface area (Å²) in [5.74, 6) is 1.25. The van der Waals surface area contributed by atoms with Crippen LogP contribution in [0.1, 0.15) is 58.3 Å². The van der Waals surface area contributed by atoms with Crippen molar-refractivity contribution in [3.05, 3.63) is 12.2 Å². The third-order valence-corrected chi connectivity index (χ3v) is 2.98. The van der Waals surface area contributed by atoms with Gasteiger partial charge < -0.3 is 0 Å². The summed E-state index contributed by atoms with van der Waals surface area (Å²) in [6.07, 6.45) is 13.1. The van der Waals surface area contributed by atoms with E-state index in [9.17, 15) is 4.79 Å². The zero-order valence-electron chi connectivity index (χ0n) is 9.30. The first-order valence-corrected chi connectivity index (χ1v) is 5.95. The van der Waals surface area contributed by atoms with Crippen LogP contribution in [-0.2, 0) is 4.79 Å². The summed E-state index contributed by atoms with van der Waals surface area (Å²) >= 11 is 0. The van der Waals surface area contributed by atoms with E-state index in [1.165, 1.54) is 25.7 Å². The van der Waals surface area contributed by atoms with Crippen LogP contribution in [0.25, 0.3) is 0 Å². The van der Waals surface area contributed by atoms with Gasteiger partial charge in [-0.1, -0.05) is 31.9 Å². The Morgan fingerprint density at radius 1 is 1.07 bits per heavy atom. The lowest BCUT2D eigenvalue weighted by Gasteiger charge is -2.10. The van der Waals surface area contributed by atoms with E-state index in [0.717, 1.165) is 31.6 Å². The molecular weight excluding hydrogens is 172 g/mol. The monoisotopic (exact) mass is 194 g/mol. The summed E-state index contributed by atoms with van der Waals surface area (Å²) in [6, 6.07) is 0. The van der Waals surface area contributed by atoms with Crippen molar-refractivity contribution in [2.24, 2.45) is 5.92 Å². The summed E-state index contributed by atoms with van der Waals surface area (Å²) in [4.78, 5) is 11.4. The standard InChI is InChI=1S/C13H22O/c1-12-8-5-3-2-4-6-10-13(14)11-7-9-12/h2,4,12H,3,5-11H2,1H3/b4-2+. The van der Waals surface area contributed by atoms with Gasteiger partial charge in [-0.2, -0.15) is 0 Å². The number of ketones is 1. The molecule has 1 nitrogen and oxygen atoms in total. The van der Waals surface area contributed by atoms with Gasteiger partial charge in [0.05, 0.1) is 0 Å². The number of allylic oxidation sites excluding steroid dienone is 2. The fourth-order valence-corrected chi connectivity index (χ4v) is 1.98. The third kappa shape index (κ3) is 5.21. The van der Waals surface area contributed by atoms with Crippen LogP contribution in [0.5, 0.6) is 0 Å². The second kappa shape index (κ2) is 6.80. The molecule has 0 bridgehead atoms. The van der Waals surface area contributed by atoms with Gasteiger partial charge in [-0.15, -0.1) is 0 Å². The van der Waals surface area contributed by atoms with E-state index >= 15 is 0 Å². The van der Waals surface area contributed by atoms with Crippen molar-refractivity contribution in [3.63, 3.8) is 0 Å². The Bertz CT molecular complexity index is 193. The Kier molecular flexibility index (Phi) is 5.58. The lowest BCUT2D eigenvalue weighted by atomic mass is 9.95. The minimum Gasteiger partial charge on any atom is -0.300 e.